The number of hydrogen-bond acceptors (Lipinski definition) is 2. The summed E-state index contributed by atoms with van der Waals surface area (Å²) in [7, 11) is 0.0171. The zero-order chi connectivity index (χ0) is 16.1. The van der Waals surface area contributed by atoms with Crippen molar-refractivity contribution in [3.63, 3.8) is 0 Å². The van der Waals surface area contributed by atoms with Crippen molar-refractivity contribution in [1.82, 2.24) is 0 Å². The molecule has 2 aromatic rings. The smallest absolute Gasteiger partial charge is 1.00 e. The first-order valence-corrected chi connectivity index (χ1v) is 8.72. The quantitative estimate of drug-likeness (QED) is 0.593. The van der Waals surface area contributed by atoms with Gasteiger partial charge < -0.3 is 6.16 Å². The Bertz CT molecular complexity index is 682. The maximum atomic E-state index is 12.4. The van der Waals surface area contributed by atoms with Crippen molar-refractivity contribution in [3.8, 4) is 5.75 Å². The molecule has 0 amide bonds. The summed E-state index contributed by atoms with van der Waals surface area (Å²) < 4.78 is 5.74. The Balaban J connectivity index is 0.00000264. The number of carbonyl (C=O) groups is 1. The van der Waals surface area contributed by atoms with E-state index in [-0.39, 0.29) is 40.5 Å². The number of rotatable bonds is 6. The van der Waals surface area contributed by atoms with Gasteiger partial charge in [-0.25, -0.2) is 0 Å². The second kappa shape index (κ2) is 9.51. The van der Waals surface area contributed by atoms with E-state index in [0.29, 0.717) is 5.02 Å². The summed E-state index contributed by atoms with van der Waals surface area (Å²) in [6, 6.07) is 13.2. The van der Waals surface area contributed by atoms with E-state index >= 15 is 0 Å². The molecular weight excluding hydrogens is 322 g/mol. The molecule has 2 atom stereocenters. The van der Waals surface area contributed by atoms with Gasteiger partial charge in [-0.3, -0.25) is 4.79 Å². The van der Waals surface area contributed by atoms with E-state index in [9.17, 15) is 4.79 Å². The fourth-order valence-electron chi connectivity index (χ4n) is 2.00. The van der Waals surface area contributed by atoms with E-state index < -0.39 is 0 Å². The minimum Gasteiger partial charge on any atom is -1.00 e. The van der Waals surface area contributed by atoms with Crippen molar-refractivity contribution in [1.29, 1.82) is 0 Å². The van der Waals surface area contributed by atoms with Crippen LogP contribution in [0.15, 0.2) is 42.5 Å². The van der Waals surface area contributed by atoms with E-state index in [1.54, 1.807) is 6.07 Å². The van der Waals surface area contributed by atoms with E-state index in [2.05, 4.69) is 6.92 Å². The van der Waals surface area contributed by atoms with Crippen LogP contribution in [-0.2, 0) is 0 Å². The van der Waals surface area contributed by atoms with Crippen LogP contribution < -0.4 is 28.9 Å². The van der Waals surface area contributed by atoms with Gasteiger partial charge in [-0.1, -0.05) is 42.8 Å². The standard InChI is InChI=1S/C18H20ClO2P.Li.H/c1-4-13(3)21-14-9-10-17(16(19)11-14)22-18(20)15-8-6-5-7-12(15)2;;/h5-11,13,22H,4H2,1-3H3;;/q;+1;-1. The van der Waals surface area contributed by atoms with Crippen molar-refractivity contribution in [2.24, 2.45) is 0 Å². The zero-order valence-electron chi connectivity index (χ0n) is 15.0. The zero-order valence-corrected chi connectivity index (χ0v) is 15.8. The van der Waals surface area contributed by atoms with Crippen molar-refractivity contribution < 1.29 is 29.8 Å². The van der Waals surface area contributed by atoms with Gasteiger partial charge in [-0.2, -0.15) is 0 Å². The number of ether oxygens (including phenoxy) is 1. The Hall–Kier alpha value is -0.773. The van der Waals surface area contributed by atoms with Crippen molar-refractivity contribution in [3.05, 3.63) is 58.6 Å². The average Bonchev–Trinajstić information content (AvgIpc) is 2.50. The molecule has 2 nitrogen and oxygen atoms in total. The summed E-state index contributed by atoms with van der Waals surface area (Å²) in [6.07, 6.45) is 1.09. The third-order valence-corrected chi connectivity index (χ3v) is 5.16. The molecule has 0 bridgehead atoms. The first kappa shape index (κ1) is 20.3. The minimum atomic E-state index is 0. The maximum absolute atomic E-state index is 12.4. The first-order valence-electron chi connectivity index (χ1n) is 7.34. The third-order valence-electron chi connectivity index (χ3n) is 3.49. The van der Waals surface area contributed by atoms with Crippen LogP contribution in [0.2, 0.25) is 5.02 Å². The molecule has 0 saturated carbocycles. The summed E-state index contributed by atoms with van der Waals surface area (Å²) in [5.74, 6) is 0.747. The Morgan fingerprint density at radius 1 is 1.30 bits per heavy atom. The van der Waals surface area contributed by atoms with Gasteiger partial charge in [-0.15, -0.1) is 0 Å². The molecule has 2 unspecified atom stereocenters. The molecule has 23 heavy (non-hydrogen) atoms. The van der Waals surface area contributed by atoms with Gasteiger partial charge in [0.15, 0.2) is 5.52 Å². The van der Waals surface area contributed by atoms with Crippen LogP contribution in [-0.4, -0.2) is 11.6 Å². The van der Waals surface area contributed by atoms with Gasteiger partial charge in [0, 0.05) is 5.56 Å². The van der Waals surface area contributed by atoms with Crippen LogP contribution in [0.3, 0.4) is 0 Å². The summed E-state index contributed by atoms with van der Waals surface area (Å²) in [5.41, 5.74) is 1.86. The van der Waals surface area contributed by atoms with Crippen LogP contribution in [0.25, 0.3) is 0 Å². The van der Waals surface area contributed by atoms with Crippen LogP contribution in [0.1, 0.15) is 37.6 Å². The number of aryl methyl sites for hydroxylation is 1. The Morgan fingerprint density at radius 3 is 2.61 bits per heavy atom. The van der Waals surface area contributed by atoms with E-state index in [4.69, 9.17) is 16.3 Å². The molecule has 0 aromatic heterocycles. The van der Waals surface area contributed by atoms with Crippen molar-refractivity contribution in [2.75, 3.05) is 0 Å². The van der Waals surface area contributed by atoms with Crippen LogP contribution in [0, 0.1) is 6.92 Å². The van der Waals surface area contributed by atoms with E-state index in [1.165, 1.54) is 0 Å². The fourth-order valence-corrected chi connectivity index (χ4v) is 3.33. The van der Waals surface area contributed by atoms with E-state index in [1.807, 2.05) is 50.2 Å². The normalized spacial score (nSPS) is 12.0. The summed E-state index contributed by atoms with van der Waals surface area (Å²) in [5, 5.41) is 1.44. The molecule has 0 aliphatic rings. The monoisotopic (exact) mass is 342 g/mol. The topological polar surface area (TPSA) is 26.3 Å². The predicted octanol–water partition coefficient (Wildman–Crippen LogP) is 2.09. The maximum Gasteiger partial charge on any atom is 1.00 e. The van der Waals surface area contributed by atoms with Gasteiger partial charge >= 0.3 is 18.9 Å². The van der Waals surface area contributed by atoms with E-state index in [0.717, 1.165) is 28.6 Å². The van der Waals surface area contributed by atoms with Gasteiger partial charge in [0.1, 0.15) is 5.75 Å². The Labute approximate surface area is 158 Å². The fraction of sp³-hybridized carbons (Fsp3) is 0.278. The Morgan fingerprint density at radius 2 is 2.00 bits per heavy atom. The second-order valence-corrected chi connectivity index (χ2v) is 6.90. The van der Waals surface area contributed by atoms with Gasteiger partial charge in [-0.05, 0) is 57.9 Å². The number of benzene rings is 2. The third kappa shape index (κ3) is 5.66. The molecule has 2 aromatic carbocycles. The second-order valence-electron chi connectivity index (χ2n) is 5.25. The average molecular weight is 343 g/mol. The molecule has 0 N–H and O–H groups in total. The molecule has 0 spiro atoms. The molecule has 0 aliphatic heterocycles. The van der Waals surface area contributed by atoms with Crippen LogP contribution >= 0.6 is 20.2 Å². The largest absolute Gasteiger partial charge is 1.00 e. The number of hydrogen-bond donors (Lipinski definition) is 0. The molecule has 2 rings (SSSR count). The van der Waals surface area contributed by atoms with Crippen molar-refractivity contribution in [2.45, 2.75) is 33.3 Å². The van der Waals surface area contributed by atoms with Gasteiger partial charge in [0.2, 0.25) is 0 Å². The number of carbonyl (C=O) groups excluding carboxylic acids is 1. The molecule has 118 valence electrons. The number of halogens is 1. The predicted molar refractivity (Wildman–Crippen MR) is 96.4 cm³/mol. The van der Waals surface area contributed by atoms with Gasteiger partial charge in [0.05, 0.1) is 11.1 Å². The molecular formula is C18H21ClLiO2P. The van der Waals surface area contributed by atoms with Gasteiger partial charge in [0.25, 0.3) is 0 Å². The molecule has 0 saturated heterocycles. The SMILES string of the molecule is CCC(C)Oc1ccc(PC(=O)c2ccccc2C)c(Cl)c1.[H-].[Li+]. The summed E-state index contributed by atoms with van der Waals surface area (Å²) in [6.45, 7) is 6.04. The molecule has 5 heteroatoms. The van der Waals surface area contributed by atoms with Crippen LogP contribution in [0.5, 0.6) is 5.75 Å². The molecule has 0 fully saturated rings. The summed E-state index contributed by atoms with van der Waals surface area (Å²) in [4.78, 5) is 12.4. The van der Waals surface area contributed by atoms with Crippen LogP contribution in [0.4, 0.5) is 0 Å². The molecule has 0 aliphatic carbocycles. The first-order chi connectivity index (χ1) is 10.5. The molecule has 0 radical (unpaired) electrons. The Kier molecular flexibility index (Phi) is 8.38. The minimum absolute atomic E-state index is 0. The summed E-state index contributed by atoms with van der Waals surface area (Å²) >= 11 is 6.30. The van der Waals surface area contributed by atoms with Crippen molar-refractivity contribution >= 4 is 31.0 Å². The molecule has 0 heterocycles.